The third-order valence-corrected chi connectivity index (χ3v) is 4.66. The Labute approximate surface area is 135 Å². The van der Waals surface area contributed by atoms with E-state index in [1.54, 1.807) is 12.1 Å². The molecular weight excluding hydrogens is 298 g/mol. The molecule has 0 aliphatic carbocycles. The molecule has 2 aromatic rings. The van der Waals surface area contributed by atoms with Gasteiger partial charge in [0.1, 0.15) is 5.41 Å². The summed E-state index contributed by atoms with van der Waals surface area (Å²) in [4.78, 5) is 14.2. The largest absolute Gasteiger partial charge is 0.481 e. The minimum Gasteiger partial charge on any atom is -0.481 e. The number of benzene rings is 2. The summed E-state index contributed by atoms with van der Waals surface area (Å²) in [5.74, 6) is -0.759. The standard InChI is InChI=1S/C18H18ClNO2/c19-16-8-6-15(7-9-16)18(17(21)22)10-11-20(13-18)12-14-4-2-1-3-5-14/h1-9H,10-13H2,(H,21,22). The summed E-state index contributed by atoms with van der Waals surface area (Å²) in [5, 5.41) is 10.4. The molecule has 0 amide bonds. The van der Waals surface area contributed by atoms with Crippen LogP contribution in [0.5, 0.6) is 0 Å². The number of hydrogen-bond acceptors (Lipinski definition) is 2. The molecule has 1 saturated heterocycles. The zero-order chi connectivity index (χ0) is 15.6. The molecule has 2 aromatic carbocycles. The van der Waals surface area contributed by atoms with Crippen molar-refractivity contribution in [3.63, 3.8) is 0 Å². The zero-order valence-corrected chi connectivity index (χ0v) is 13.0. The Bertz CT molecular complexity index is 657. The molecule has 0 aromatic heterocycles. The molecule has 4 heteroatoms. The van der Waals surface area contributed by atoms with Crippen molar-refractivity contribution < 1.29 is 9.90 Å². The molecule has 1 atom stereocenters. The van der Waals surface area contributed by atoms with Crippen molar-refractivity contribution in [3.8, 4) is 0 Å². The van der Waals surface area contributed by atoms with E-state index in [-0.39, 0.29) is 0 Å². The topological polar surface area (TPSA) is 40.5 Å². The van der Waals surface area contributed by atoms with Crippen molar-refractivity contribution in [3.05, 3.63) is 70.7 Å². The maximum absolute atomic E-state index is 11.9. The number of nitrogens with zero attached hydrogens (tertiary/aromatic N) is 1. The van der Waals surface area contributed by atoms with E-state index in [1.165, 1.54) is 5.56 Å². The van der Waals surface area contributed by atoms with Gasteiger partial charge in [-0.25, -0.2) is 0 Å². The number of hydrogen-bond donors (Lipinski definition) is 1. The van der Waals surface area contributed by atoms with Crippen LogP contribution in [0.2, 0.25) is 5.02 Å². The van der Waals surface area contributed by atoms with E-state index >= 15 is 0 Å². The molecule has 3 nitrogen and oxygen atoms in total. The number of carbonyl (C=O) groups is 1. The first-order valence-electron chi connectivity index (χ1n) is 7.36. The predicted octanol–water partition coefficient (Wildman–Crippen LogP) is 3.57. The van der Waals surface area contributed by atoms with E-state index in [0.29, 0.717) is 18.0 Å². The summed E-state index contributed by atoms with van der Waals surface area (Å²) in [5.41, 5.74) is 1.21. The van der Waals surface area contributed by atoms with Crippen LogP contribution in [0.3, 0.4) is 0 Å². The molecule has 22 heavy (non-hydrogen) atoms. The molecule has 0 saturated carbocycles. The fraction of sp³-hybridized carbons (Fsp3) is 0.278. The average Bonchev–Trinajstić information content (AvgIpc) is 2.94. The molecule has 1 unspecified atom stereocenters. The Morgan fingerprint density at radius 2 is 1.82 bits per heavy atom. The van der Waals surface area contributed by atoms with Gasteiger partial charge in [-0.15, -0.1) is 0 Å². The normalized spacial score (nSPS) is 21.9. The highest BCUT2D eigenvalue weighted by Crippen LogP contribution is 2.36. The number of rotatable bonds is 4. The second kappa shape index (κ2) is 6.11. The molecule has 1 fully saturated rings. The van der Waals surface area contributed by atoms with Gasteiger partial charge in [0.05, 0.1) is 0 Å². The van der Waals surface area contributed by atoms with Crippen molar-refractivity contribution in [2.75, 3.05) is 13.1 Å². The molecule has 0 radical (unpaired) electrons. The Morgan fingerprint density at radius 3 is 2.45 bits per heavy atom. The fourth-order valence-electron chi connectivity index (χ4n) is 3.17. The highest BCUT2D eigenvalue weighted by molar-refractivity contribution is 6.30. The van der Waals surface area contributed by atoms with E-state index in [2.05, 4.69) is 17.0 Å². The molecule has 0 spiro atoms. The van der Waals surface area contributed by atoms with E-state index in [4.69, 9.17) is 11.6 Å². The summed E-state index contributed by atoms with van der Waals surface area (Å²) in [6.07, 6.45) is 0.622. The van der Waals surface area contributed by atoms with Gasteiger partial charge in [0.2, 0.25) is 0 Å². The summed E-state index contributed by atoms with van der Waals surface area (Å²) >= 11 is 5.92. The van der Waals surface area contributed by atoms with Gasteiger partial charge in [-0.1, -0.05) is 54.1 Å². The quantitative estimate of drug-likeness (QED) is 0.937. The SMILES string of the molecule is O=C(O)C1(c2ccc(Cl)cc2)CCN(Cc2ccccc2)C1. The van der Waals surface area contributed by atoms with Gasteiger partial charge in [0, 0.05) is 24.7 Å². The van der Waals surface area contributed by atoms with Crippen molar-refractivity contribution >= 4 is 17.6 Å². The molecule has 1 heterocycles. The van der Waals surface area contributed by atoms with Crippen molar-refractivity contribution in [1.29, 1.82) is 0 Å². The third kappa shape index (κ3) is 2.87. The Morgan fingerprint density at radius 1 is 1.14 bits per heavy atom. The first kappa shape index (κ1) is 15.1. The highest BCUT2D eigenvalue weighted by Gasteiger charge is 2.46. The van der Waals surface area contributed by atoms with Gasteiger partial charge in [0.15, 0.2) is 0 Å². The van der Waals surface area contributed by atoms with Gasteiger partial charge in [-0.2, -0.15) is 0 Å². The van der Waals surface area contributed by atoms with Gasteiger partial charge in [0.25, 0.3) is 0 Å². The highest BCUT2D eigenvalue weighted by atomic mass is 35.5. The summed E-state index contributed by atoms with van der Waals surface area (Å²) in [6.45, 7) is 2.09. The average molecular weight is 316 g/mol. The van der Waals surface area contributed by atoms with Crippen LogP contribution in [-0.2, 0) is 16.8 Å². The lowest BCUT2D eigenvalue weighted by Crippen LogP contribution is -2.38. The van der Waals surface area contributed by atoms with Crippen molar-refractivity contribution in [2.45, 2.75) is 18.4 Å². The first-order valence-corrected chi connectivity index (χ1v) is 7.74. The van der Waals surface area contributed by atoms with Crippen LogP contribution in [0, 0.1) is 0 Å². The van der Waals surface area contributed by atoms with Crippen LogP contribution in [0.1, 0.15) is 17.5 Å². The van der Waals surface area contributed by atoms with Crippen LogP contribution < -0.4 is 0 Å². The van der Waals surface area contributed by atoms with Crippen molar-refractivity contribution in [2.24, 2.45) is 0 Å². The smallest absolute Gasteiger partial charge is 0.315 e. The van der Waals surface area contributed by atoms with Crippen LogP contribution in [0.4, 0.5) is 0 Å². The molecule has 1 N–H and O–H groups in total. The lowest BCUT2D eigenvalue weighted by Gasteiger charge is -2.25. The van der Waals surface area contributed by atoms with Gasteiger partial charge < -0.3 is 5.11 Å². The Hall–Kier alpha value is -1.84. The lowest BCUT2D eigenvalue weighted by atomic mass is 9.80. The van der Waals surface area contributed by atoms with E-state index < -0.39 is 11.4 Å². The minimum absolute atomic E-state index is 0.527. The third-order valence-electron chi connectivity index (χ3n) is 4.40. The predicted molar refractivity (Wildman–Crippen MR) is 87.1 cm³/mol. The van der Waals surface area contributed by atoms with Crippen molar-refractivity contribution in [1.82, 2.24) is 4.90 Å². The Kier molecular flexibility index (Phi) is 4.19. The van der Waals surface area contributed by atoms with E-state index in [1.807, 2.05) is 30.3 Å². The Balaban J connectivity index is 1.82. The zero-order valence-electron chi connectivity index (χ0n) is 12.2. The van der Waals surface area contributed by atoms with Crippen LogP contribution in [0.15, 0.2) is 54.6 Å². The number of aliphatic carboxylic acids is 1. The van der Waals surface area contributed by atoms with Crippen LogP contribution in [-0.4, -0.2) is 29.1 Å². The maximum Gasteiger partial charge on any atom is 0.315 e. The fourth-order valence-corrected chi connectivity index (χ4v) is 3.29. The summed E-state index contributed by atoms with van der Waals surface area (Å²) in [6, 6.07) is 17.4. The van der Waals surface area contributed by atoms with Gasteiger partial charge in [-0.3, -0.25) is 9.69 Å². The number of carboxylic acid groups (broad SMARTS) is 1. The maximum atomic E-state index is 11.9. The number of likely N-dealkylation sites (tertiary alicyclic amines) is 1. The second-order valence-corrected chi connectivity index (χ2v) is 6.28. The molecule has 3 rings (SSSR count). The van der Waals surface area contributed by atoms with Crippen LogP contribution in [0.25, 0.3) is 0 Å². The molecule has 0 bridgehead atoms. The number of carboxylic acids is 1. The molecular formula is C18H18ClNO2. The second-order valence-electron chi connectivity index (χ2n) is 5.84. The monoisotopic (exact) mass is 315 g/mol. The summed E-state index contributed by atoms with van der Waals surface area (Å²) < 4.78 is 0. The molecule has 114 valence electrons. The lowest BCUT2D eigenvalue weighted by molar-refractivity contribution is -0.143. The van der Waals surface area contributed by atoms with Gasteiger partial charge in [-0.05, 0) is 29.7 Å². The van der Waals surface area contributed by atoms with Crippen LogP contribution >= 0.6 is 11.6 Å². The van der Waals surface area contributed by atoms with E-state index in [9.17, 15) is 9.90 Å². The molecule has 1 aliphatic heterocycles. The van der Waals surface area contributed by atoms with E-state index in [0.717, 1.165) is 18.7 Å². The minimum atomic E-state index is -0.834. The number of halogens is 1. The van der Waals surface area contributed by atoms with Gasteiger partial charge >= 0.3 is 5.97 Å². The summed E-state index contributed by atoms with van der Waals surface area (Å²) in [7, 11) is 0. The first-order chi connectivity index (χ1) is 10.6. The molecule has 1 aliphatic rings.